The molecule has 198 valence electrons. The van der Waals surface area contributed by atoms with Gasteiger partial charge in [0.1, 0.15) is 12.2 Å². The Balaban J connectivity index is 1.28. The zero-order valence-corrected chi connectivity index (χ0v) is 21.3. The molecule has 0 spiro atoms. The van der Waals surface area contributed by atoms with E-state index in [0.29, 0.717) is 34.7 Å². The van der Waals surface area contributed by atoms with E-state index in [-0.39, 0.29) is 25.6 Å². The summed E-state index contributed by atoms with van der Waals surface area (Å²) in [5.41, 5.74) is 5.73. The standard InChI is InChI=1S/C28H28ClN3O6/c29-21-13-22-27(32-28(30-22)38-20-12-23(34)24(14-33)37-15-20)31-26(21)19-10-8-18(9-11-19)17-6-4-16(5-7-17)2-1-3-25(35)36/h4-11,13,20,23-24,33-34H,1-3,12,14-15H2,(H,35,36)(H,30,31,32)/t20-,23+,24-/m1/s1. The number of carboxylic acids is 1. The average molecular weight is 538 g/mol. The summed E-state index contributed by atoms with van der Waals surface area (Å²) in [4.78, 5) is 22.8. The molecule has 4 N–H and O–H groups in total. The number of rotatable bonds is 9. The number of benzene rings is 2. The van der Waals surface area contributed by atoms with Crippen molar-refractivity contribution in [3.8, 4) is 28.4 Å². The molecule has 1 aliphatic heterocycles. The Labute approximate surface area is 224 Å². The number of aromatic amines is 1. The molecule has 3 atom stereocenters. The summed E-state index contributed by atoms with van der Waals surface area (Å²) in [5.74, 6) is -0.774. The number of H-pyrrole nitrogens is 1. The van der Waals surface area contributed by atoms with E-state index in [4.69, 9.17) is 26.2 Å². The Bertz CT molecular complexity index is 1410. The molecule has 5 rings (SSSR count). The molecular weight excluding hydrogens is 510 g/mol. The Hall–Kier alpha value is -3.50. The molecule has 0 aliphatic carbocycles. The van der Waals surface area contributed by atoms with Crippen LogP contribution in [0.2, 0.25) is 5.02 Å². The van der Waals surface area contributed by atoms with Gasteiger partial charge in [0, 0.05) is 18.4 Å². The number of aliphatic carboxylic acids is 1. The topological polar surface area (TPSA) is 138 Å². The zero-order valence-electron chi connectivity index (χ0n) is 20.5. The molecule has 2 aromatic heterocycles. The first-order chi connectivity index (χ1) is 18.4. The van der Waals surface area contributed by atoms with Crippen molar-refractivity contribution in [1.29, 1.82) is 0 Å². The number of nitrogens with one attached hydrogen (secondary N) is 1. The summed E-state index contributed by atoms with van der Waals surface area (Å²) >= 11 is 6.56. The molecule has 0 unspecified atom stereocenters. The Morgan fingerprint density at radius 1 is 1.08 bits per heavy atom. The van der Waals surface area contributed by atoms with E-state index in [0.717, 1.165) is 28.7 Å². The average Bonchev–Trinajstić information content (AvgIpc) is 3.29. The van der Waals surface area contributed by atoms with E-state index in [1.165, 1.54) is 0 Å². The highest BCUT2D eigenvalue weighted by molar-refractivity contribution is 6.33. The van der Waals surface area contributed by atoms with Gasteiger partial charge in [0.2, 0.25) is 0 Å². The minimum atomic E-state index is -0.813. The van der Waals surface area contributed by atoms with Gasteiger partial charge in [0.05, 0.1) is 35.6 Å². The van der Waals surface area contributed by atoms with Crippen molar-refractivity contribution in [3.63, 3.8) is 0 Å². The first kappa shape index (κ1) is 26.1. The van der Waals surface area contributed by atoms with Gasteiger partial charge in [-0.25, -0.2) is 4.98 Å². The number of ether oxygens (including phenoxy) is 2. The number of nitrogens with zero attached hydrogens (tertiary/aromatic N) is 2. The lowest BCUT2D eigenvalue weighted by molar-refractivity contribution is -0.137. The van der Waals surface area contributed by atoms with Crippen LogP contribution in [0.3, 0.4) is 0 Å². The summed E-state index contributed by atoms with van der Waals surface area (Å²) < 4.78 is 11.3. The van der Waals surface area contributed by atoms with Crippen LogP contribution < -0.4 is 4.74 Å². The third-order valence-electron chi connectivity index (χ3n) is 6.59. The van der Waals surface area contributed by atoms with E-state index in [1.54, 1.807) is 6.07 Å². The van der Waals surface area contributed by atoms with Crippen molar-refractivity contribution >= 4 is 28.7 Å². The van der Waals surface area contributed by atoms with Crippen molar-refractivity contribution in [2.24, 2.45) is 0 Å². The second-order valence-corrected chi connectivity index (χ2v) is 9.76. The van der Waals surface area contributed by atoms with Crippen LogP contribution in [0.25, 0.3) is 33.5 Å². The summed E-state index contributed by atoms with van der Waals surface area (Å²) in [6.45, 7) is -0.00821. The molecule has 3 heterocycles. The smallest absolute Gasteiger partial charge is 0.303 e. The van der Waals surface area contributed by atoms with Crippen molar-refractivity contribution in [3.05, 3.63) is 65.2 Å². The minimum absolute atomic E-state index is 0.170. The van der Waals surface area contributed by atoms with Crippen LogP contribution in [-0.4, -0.2) is 67.8 Å². The fraction of sp³-hybridized carbons (Fsp3) is 0.321. The molecule has 0 bridgehead atoms. The highest BCUT2D eigenvalue weighted by atomic mass is 35.5. The summed E-state index contributed by atoms with van der Waals surface area (Å²) in [6.07, 6.45) is 0.0226. The maximum Gasteiger partial charge on any atom is 0.303 e. The van der Waals surface area contributed by atoms with Crippen LogP contribution in [0, 0.1) is 0 Å². The number of halogens is 1. The highest BCUT2D eigenvalue weighted by Crippen LogP contribution is 2.31. The molecule has 2 aromatic carbocycles. The predicted molar refractivity (Wildman–Crippen MR) is 142 cm³/mol. The van der Waals surface area contributed by atoms with E-state index in [2.05, 4.69) is 15.0 Å². The Morgan fingerprint density at radius 3 is 2.42 bits per heavy atom. The number of aliphatic hydroxyl groups excluding tert-OH is 2. The second-order valence-electron chi connectivity index (χ2n) is 9.35. The molecule has 0 radical (unpaired) electrons. The fourth-order valence-corrected chi connectivity index (χ4v) is 4.79. The summed E-state index contributed by atoms with van der Waals surface area (Å²) in [6, 6.07) is 18.1. The van der Waals surface area contributed by atoms with Gasteiger partial charge in [-0.15, -0.1) is 0 Å². The third kappa shape index (κ3) is 5.97. The second kappa shape index (κ2) is 11.5. The number of aliphatic hydroxyl groups is 2. The highest BCUT2D eigenvalue weighted by Gasteiger charge is 2.31. The fourth-order valence-electron chi connectivity index (χ4n) is 4.53. The number of carboxylic acid groups (broad SMARTS) is 1. The lowest BCUT2D eigenvalue weighted by Gasteiger charge is -2.31. The van der Waals surface area contributed by atoms with Crippen molar-refractivity contribution in [1.82, 2.24) is 15.0 Å². The minimum Gasteiger partial charge on any atom is -0.481 e. The largest absolute Gasteiger partial charge is 0.481 e. The number of aryl methyl sites for hydroxylation is 1. The monoisotopic (exact) mass is 537 g/mol. The number of fused-ring (bicyclic) bond motifs is 1. The van der Waals surface area contributed by atoms with Crippen LogP contribution >= 0.6 is 11.6 Å². The number of hydrogen-bond donors (Lipinski definition) is 4. The Morgan fingerprint density at radius 2 is 1.76 bits per heavy atom. The number of carbonyl (C=O) groups is 1. The van der Waals surface area contributed by atoms with Crippen molar-refractivity contribution in [2.75, 3.05) is 13.2 Å². The number of hydrogen-bond acceptors (Lipinski definition) is 7. The number of imidazole rings is 1. The lowest BCUT2D eigenvalue weighted by atomic mass is 10.00. The van der Waals surface area contributed by atoms with Crippen LogP contribution in [0.4, 0.5) is 0 Å². The van der Waals surface area contributed by atoms with E-state index >= 15 is 0 Å². The third-order valence-corrected chi connectivity index (χ3v) is 6.88. The quantitative estimate of drug-likeness (QED) is 0.249. The van der Waals surface area contributed by atoms with Gasteiger partial charge in [-0.1, -0.05) is 60.1 Å². The molecule has 0 amide bonds. The SMILES string of the molecule is O=C(O)CCCc1ccc(-c2ccc(-c3nc4nc(O[C@H]5CO[C@H](CO)[C@@H](O)C5)[nH]c4cc3Cl)cc2)cc1. The number of pyridine rings is 1. The van der Waals surface area contributed by atoms with Crippen LogP contribution in [0.1, 0.15) is 24.8 Å². The van der Waals surface area contributed by atoms with Gasteiger partial charge in [-0.05, 0) is 35.6 Å². The first-order valence-corrected chi connectivity index (χ1v) is 12.8. The molecule has 10 heteroatoms. The van der Waals surface area contributed by atoms with Crippen molar-refractivity contribution in [2.45, 2.75) is 44.0 Å². The normalized spacial score (nSPS) is 19.5. The predicted octanol–water partition coefficient (Wildman–Crippen LogP) is 4.24. The Kier molecular flexibility index (Phi) is 7.90. The molecule has 0 saturated carbocycles. The van der Waals surface area contributed by atoms with Gasteiger partial charge in [-0.2, -0.15) is 4.98 Å². The first-order valence-electron chi connectivity index (χ1n) is 12.4. The summed E-state index contributed by atoms with van der Waals surface area (Å²) in [7, 11) is 0. The molecule has 4 aromatic rings. The van der Waals surface area contributed by atoms with Gasteiger partial charge >= 0.3 is 5.97 Å². The van der Waals surface area contributed by atoms with Gasteiger partial charge in [-0.3, -0.25) is 4.79 Å². The van der Waals surface area contributed by atoms with Gasteiger partial charge in [0.15, 0.2) is 5.65 Å². The van der Waals surface area contributed by atoms with Crippen LogP contribution in [0.15, 0.2) is 54.6 Å². The van der Waals surface area contributed by atoms with E-state index in [9.17, 15) is 15.0 Å². The van der Waals surface area contributed by atoms with Crippen LogP contribution in [0.5, 0.6) is 6.01 Å². The molecule has 9 nitrogen and oxygen atoms in total. The van der Waals surface area contributed by atoms with Crippen molar-refractivity contribution < 1.29 is 29.6 Å². The maximum absolute atomic E-state index is 10.7. The summed E-state index contributed by atoms with van der Waals surface area (Å²) in [5, 5.41) is 28.6. The molecule has 38 heavy (non-hydrogen) atoms. The number of aromatic nitrogens is 3. The zero-order chi connectivity index (χ0) is 26.6. The van der Waals surface area contributed by atoms with Gasteiger partial charge < -0.3 is 29.8 Å². The molecule has 1 fully saturated rings. The molecule has 1 saturated heterocycles. The van der Waals surface area contributed by atoms with E-state index in [1.807, 2.05) is 48.5 Å². The molecule has 1 aliphatic rings. The lowest BCUT2D eigenvalue weighted by Crippen LogP contribution is -2.45. The maximum atomic E-state index is 10.7. The molecular formula is C28H28ClN3O6. The van der Waals surface area contributed by atoms with E-state index < -0.39 is 24.3 Å². The van der Waals surface area contributed by atoms with Gasteiger partial charge in [0.25, 0.3) is 6.01 Å². The van der Waals surface area contributed by atoms with Crippen LogP contribution in [-0.2, 0) is 16.0 Å².